The summed E-state index contributed by atoms with van der Waals surface area (Å²) < 4.78 is 0. The van der Waals surface area contributed by atoms with Crippen molar-refractivity contribution in [3.63, 3.8) is 0 Å². The van der Waals surface area contributed by atoms with Crippen molar-refractivity contribution in [2.45, 2.75) is 44.4 Å². The first kappa shape index (κ1) is 15.3. The van der Waals surface area contributed by atoms with Gasteiger partial charge in [-0.25, -0.2) is 0 Å². The summed E-state index contributed by atoms with van der Waals surface area (Å²) in [6.07, 6.45) is 2.22. The number of aliphatic hydroxyl groups excluding tert-OH is 1. The van der Waals surface area contributed by atoms with Crippen molar-refractivity contribution in [2.24, 2.45) is 0 Å². The summed E-state index contributed by atoms with van der Waals surface area (Å²) in [6, 6.07) is 8.48. The number of nitrogens with zero attached hydrogens (tertiary/aromatic N) is 1. The lowest BCUT2D eigenvalue weighted by Crippen LogP contribution is -2.51. The molecule has 0 aliphatic carbocycles. The summed E-state index contributed by atoms with van der Waals surface area (Å²) >= 11 is 0. The van der Waals surface area contributed by atoms with E-state index < -0.39 is 6.10 Å². The fraction of sp³-hybridized carbons (Fsp3) is 0.588. The van der Waals surface area contributed by atoms with Crippen LogP contribution in [0.5, 0.6) is 0 Å². The van der Waals surface area contributed by atoms with Crippen molar-refractivity contribution in [3.05, 3.63) is 29.8 Å². The van der Waals surface area contributed by atoms with E-state index in [4.69, 9.17) is 0 Å². The Morgan fingerprint density at radius 3 is 2.82 bits per heavy atom. The molecule has 2 fully saturated rings. The molecule has 0 radical (unpaired) electrons. The number of nitrogens with one attached hydrogen (secondary N) is 2. The highest BCUT2D eigenvalue weighted by Gasteiger charge is 2.30. The van der Waals surface area contributed by atoms with Crippen molar-refractivity contribution in [1.82, 2.24) is 10.6 Å². The lowest BCUT2D eigenvalue weighted by molar-refractivity contribution is -0.123. The number of hydrogen-bond donors (Lipinski definition) is 3. The molecule has 0 spiro atoms. The predicted octanol–water partition coefficient (Wildman–Crippen LogP) is 0.803. The minimum atomic E-state index is -0.397. The fourth-order valence-corrected chi connectivity index (χ4v) is 3.30. The number of hydrogen-bond acceptors (Lipinski definition) is 4. The third kappa shape index (κ3) is 3.59. The lowest BCUT2D eigenvalue weighted by Gasteiger charge is -2.35. The molecule has 5 nitrogen and oxygen atoms in total. The minimum Gasteiger partial charge on any atom is -0.392 e. The Hall–Kier alpha value is -1.59. The van der Waals surface area contributed by atoms with E-state index in [1.54, 1.807) is 0 Å². The normalized spacial score (nSPS) is 28.6. The van der Waals surface area contributed by atoms with E-state index in [2.05, 4.69) is 46.7 Å². The molecule has 22 heavy (non-hydrogen) atoms. The topological polar surface area (TPSA) is 64.6 Å². The molecular weight excluding hydrogens is 278 g/mol. The fourth-order valence-electron chi connectivity index (χ4n) is 3.30. The zero-order valence-electron chi connectivity index (χ0n) is 13.1. The zero-order chi connectivity index (χ0) is 15.5. The van der Waals surface area contributed by atoms with Gasteiger partial charge in [0.1, 0.15) is 0 Å². The number of rotatable bonds is 3. The van der Waals surface area contributed by atoms with Gasteiger partial charge < -0.3 is 20.6 Å². The molecule has 2 heterocycles. The average molecular weight is 303 g/mol. The molecule has 1 amide bonds. The highest BCUT2D eigenvalue weighted by Crippen LogP contribution is 2.20. The molecule has 1 aromatic rings. The molecular formula is C17H25N3O2. The molecule has 2 saturated heterocycles. The Kier molecular flexibility index (Phi) is 4.64. The van der Waals surface area contributed by atoms with Gasteiger partial charge in [0.25, 0.3) is 0 Å². The highest BCUT2D eigenvalue weighted by molar-refractivity contribution is 5.82. The van der Waals surface area contributed by atoms with Crippen LogP contribution >= 0.6 is 0 Å². The number of anilines is 1. The van der Waals surface area contributed by atoms with Gasteiger partial charge >= 0.3 is 0 Å². The largest absolute Gasteiger partial charge is 0.392 e. The summed E-state index contributed by atoms with van der Waals surface area (Å²) in [5, 5.41) is 15.7. The van der Waals surface area contributed by atoms with Crippen LogP contribution in [0.25, 0.3) is 0 Å². The number of carbonyl (C=O) groups is 1. The predicted molar refractivity (Wildman–Crippen MR) is 87.0 cm³/mol. The number of benzene rings is 1. The summed E-state index contributed by atoms with van der Waals surface area (Å²) in [4.78, 5) is 14.6. The number of aryl methyl sites for hydroxylation is 1. The smallest absolute Gasteiger partial charge is 0.237 e. The zero-order valence-corrected chi connectivity index (χ0v) is 13.1. The maximum Gasteiger partial charge on any atom is 0.237 e. The summed E-state index contributed by atoms with van der Waals surface area (Å²) in [7, 11) is 0. The molecule has 120 valence electrons. The van der Waals surface area contributed by atoms with E-state index in [1.807, 2.05) is 0 Å². The van der Waals surface area contributed by atoms with Crippen molar-refractivity contribution in [1.29, 1.82) is 0 Å². The second kappa shape index (κ2) is 6.67. The van der Waals surface area contributed by atoms with E-state index in [-0.39, 0.29) is 18.0 Å². The third-order valence-corrected chi connectivity index (χ3v) is 4.59. The SMILES string of the molecule is Cc1ccc(N2CCC[C@H](NC(=O)[C@H]3C[C@H](O)CN3)C2)cc1. The summed E-state index contributed by atoms with van der Waals surface area (Å²) in [6.45, 7) is 4.49. The average Bonchev–Trinajstić information content (AvgIpc) is 2.95. The molecule has 2 aliphatic rings. The van der Waals surface area contributed by atoms with E-state index in [0.29, 0.717) is 13.0 Å². The second-order valence-electron chi connectivity index (χ2n) is 6.48. The number of aliphatic hydroxyl groups is 1. The maximum atomic E-state index is 12.2. The van der Waals surface area contributed by atoms with E-state index in [0.717, 1.165) is 25.9 Å². The summed E-state index contributed by atoms with van der Waals surface area (Å²) in [5.41, 5.74) is 2.48. The Bertz CT molecular complexity index is 517. The molecule has 0 unspecified atom stereocenters. The van der Waals surface area contributed by atoms with Gasteiger partial charge in [0, 0.05) is 31.4 Å². The molecule has 3 rings (SSSR count). The first-order valence-electron chi connectivity index (χ1n) is 8.15. The molecule has 0 aromatic heterocycles. The molecule has 0 bridgehead atoms. The molecule has 5 heteroatoms. The van der Waals surface area contributed by atoms with Gasteiger partial charge in [0.05, 0.1) is 12.1 Å². The van der Waals surface area contributed by atoms with Crippen molar-refractivity contribution in [2.75, 3.05) is 24.5 Å². The Morgan fingerprint density at radius 2 is 2.14 bits per heavy atom. The second-order valence-corrected chi connectivity index (χ2v) is 6.48. The molecule has 3 atom stereocenters. The van der Waals surface area contributed by atoms with Gasteiger partial charge in [-0.2, -0.15) is 0 Å². The van der Waals surface area contributed by atoms with E-state index in [1.165, 1.54) is 11.3 Å². The Morgan fingerprint density at radius 1 is 1.36 bits per heavy atom. The van der Waals surface area contributed by atoms with Crippen molar-refractivity contribution < 1.29 is 9.90 Å². The Labute approximate surface area is 131 Å². The van der Waals surface area contributed by atoms with Crippen molar-refractivity contribution >= 4 is 11.6 Å². The standard InChI is InChI=1S/C17H25N3O2/c1-12-4-6-14(7-5-12)20-8-2-3-13(11-20)19-17(22)16-9-15(21)10-18-16/h4-7,13,15-16,18,21H,2-3,8-11H2,1H3,(H,19,22)/t13-,15-,16+/m0/s1. The summed E-state index contributed by atoms with van der Waals surface area (Å²) in [5.74, 6) is 0.0207. The Balaban J connectivity index is 1.56. The third-order valence-electron chi connectivity index (χ3n) is 4.59. The number of β-amino-alcohol motifs (C(OH)–C–C–N with tert-alkyl or cyclic N) is 1. The van der Waals surface area contributed by atoms with Crippen LogP contribution in [0.1, 0.15) is 24.8 Å². The van der Waals surface area contributed by atoms with Gasteiger partial charge in [0.2, 0.25) is 5.91 Å². The van der Waals surface area contributed by atoms with Crippen molar-refractivity contribution in [3.8, 4) is 0 Å². The minimum absolute atomic E-state index is 0.0207. The quantitative estimate of drug-likeness (QED) is 0.773. The van der Waals surface area contributed by atoms with E-state index >= 15 is 0 Å². The van der Waals surface area contributed by atoms with Crippen LogP contribution in [-0.4, -0.2) is 48.8 Å². The molecule has 0 saturated carbocycles. The monoisotopic (exact) mass is 303 g/mol. The van der Waals surface area contributed by atoms with Gasteiger partial charge in [0.15, 0.2) is 0 Å². The van der Waals surface area contributed by atoms with Gasteiger partial charge in [-0.1, -0.05) is 17.7 Å². The van der Waals surface area contributed by atoms with Gasteiger partial charge in [-0.3, -0.25) is 4.79 Å². The molecule has 3 N–H and O–H groups in total. The van der Waals surface area contributed by atoms with Crippen LogP contribution in [0.2, 0.25) is 0 Å². The van der Waals surface area contributed by atoms with Crippen LogP contribution < -0.4 is 15.5 Å². The number of amides is 1. The maximum absolute atomic E-state index is 12.2. The van der Waals surface area contributed by atoms with Crippen LogP contribution in [0.4, 0.5) is 5.69 Å². The highest BCUT2D eigenvalue weighted by atomic mass is 16.3. The van der Waals surface area contributed by atoms with E-state index in [9.17, 15) is 9.90 Å². The van der Waals surface area contributed by atoms with Crippen LogP contribution in [0.15, 0.2) is 24.3 Å². The number of piperidine rings is 1. The molecule has 1 aromatic carbocycles. The molecule has 2 aliphatic heterocycles. The lowest BCUT2D eigenvalue weighted by atomic mass is 10.0. The number of carbonyl (C=O) groups excluding carboxylic acids is 1. The van der Waals surface area contributed by atoms with Crippen LogP contribution in [-0.2, 0) is 4.79 Å². The van der Waals surface area contributed by atoms with Gasteiger partial charge in [-0.05, 0) is 38.3 Å². The van der Waals surface area contributed by atoms with Crippen LogP contribution in [0.3, 0.4) is 0 Å². The first-order chi connectivity index (χ1) is 10.6. The first-order valence-corrected chi connectivity index (χ1v) is 8.15. The van der Waals surface area contributed by atoms with Gasteiger partial charge in [-0.15, -0.1) is 0 Å². The van der Waals surface area contributed by atoms with Crippen LogP contribution in [0, 0.1) is 6.92 Å².